The Balaban J connectivity index is 0.000000461. The minimum absolute atomic E-state index is 0.537. The minimum Gasteiger partial charge on any atom is -0.283 e. The maximum atomic E-state index is 4.09. The van der Waals surface area contributed by atoms with Crippen molar-refractivity contribution in [3.8, 4) is 0 Å². The van der Waals surface area contributed by atoms with E-state index in [-0.39, 0.29) is 0 Å². The SMILES string of the molecule is CC.Cc1cc(C(C)C)n[nH]1. The van der Waals surface area contributed by atoms with Gasteiger partial charge in [0, 0.05) is 5.69 Å². The van der Waals surface area contributed by atoms with Crippen LogP contribution in [0.5, 0.6) is 0 Å². The lowest BCUT2D eigenvalue weighted by Crippen LogP contribution is -1.85. The van der Waals surface area contributed by atoms with Gasteiger partial charge in [0.15, 0.2) is 0 Å². The molecule has 0 amide bonds. The van der Waals surface area contributed by atoms with Gasteiger partial charge in [-0.3, -0.25) is 5.10 Å². The van der Waals surface area contributed by atoms with Crippen molar-refractivity contribution < 1.29 is 0 Å². The van der Waals surface area contributed by atoms with E-state index in [0.717, 1.165) is 11.4 Å². The minimum atomic E-state index is 0.537. The van der Waals surface area contributed by atoms with Crippen molar-refractivity contribution >= 4 is 0 Å². The van der Waals surface area contributed by atoms with Crippen molar-refractivity contribution in [1.82, 2.24) is 10.2 Å². The lowest BCUT2D eigenvalue weighted by atomic mass is 10.1. The monoisotopic (exact) mass is 154 g/mol. The summed E-state index contributed by atoms with van der Waals surface area (Å²) in [7, 11) is 0. The Kier molecular flexibility index (Phi) is 4.59. The molecule has 1 heterocycles. The van der Waals surface area contributed by atoms with Gasteiger partial charge in [-0.2, -0.15) is 5.10 Å². The quantitative estimate of drug-likeness (QED) is 0.662. The zero-order valence-electron chi connectivity index (χ0n) is 8.10. The highest BCUT2D eigenvalue weighted by Gasteiger charge is 2.00. The molecule has 0 radical (unpaired) electrons. The van der Waals surface area contributed by atoms with Crippen LogP contribution in [0.15, 0.2) is 6.07 Å². The predicted molar refractivity (Wildman–Crippen MR) is 48.8 cm³/mol. The summed E-state index contributed by atoms with van der Waals surface area (Å²) in [6.45, 7) is 10.3. The van der Waals surface area contributed by atoms with Crippen molar-refractivity contribution in [3.63, 3.8) is 0 Å². The number of hydrogen-bond acceptors (Lipinski definition) is 1. The molecule has 11 heavy (non-hydrogen) atoms. The van der Waals surface area contributed by atoms with Crippen molar-refractivity contribution in [1.29, 1.82) is 0 Å². The van der Waals surface area contributed by atoms with E-state index in [4.69, 9.17) is 0 Å². The van der Waals surface area contributed by atoms with Gasteiger partial charge >= 0.3 is 0 Å². The molecule has 1 aromatic heterocycles. The summed E-state index contributed by atoms with van der Waals surface area (Å²) < 4.78 is 0. The highest BCUT2D eigenvalue weighted by atomic mass is 15.1. The fraction of sp³-hybridized carbons (Fsp3) is 0.667. The molecule has 2 nitrogen and oxygen atoms in total. The zero-order chi connectivity index (χ0) is 8.85. The maximum absolute atomic E-state index is 4.09. The first-order valence-corrected chi connectivity index (χ1v) is 4.22. The zero-order valence-corrected chi connectivity index (χ0v) is 8.10. The van der Waals surface area contributed by atoms with Crippen LogP contribution in [0.4, 0.5) is 0 Å². The Labute approximate surface area is 69.0 Å². The largest absolute Gasteiger partial charge is 0.283 e. The van der Waals surface area contributed by atoms with Crippen LogP contribution in [0.2, 0.25) is 0 Å². The van der Waals surface area contributed by atoms with Crippen LogP contribution < -0.4 is 0 Å². The van der Waals surface area contributed by atoms with E-state index in [1.807, 2.05) is 20.8 Å². The highest BCUT2D eigenvalue weighted by molar-refractivity contribution is 5.09. The highest BCUT2D eigenvalue weighted by Crippen LogP contribution is 2.10. The fourth-order valence-electron chi connectivity index (χ4n) is 0.735. The molecular weight excluding hydrogens is 136 g/mol. The molecule has 0 aliphatic rings. The Morgan fingerprint density at radius 2 is 1.91 bits per heavy atom. The first-order chi connectivity index (χ1) is 5.20. The van der Waals surface area contributed by atoms with Crippen LogP contribution in [0.3, 0.4) is 0 Å². The van der Waals surface area contributed by atoms with Crippen LogP contribution in [-0.4, -0.2) is 10.2 Å². The first-order valence-electron chi connectivity index (χ1n) is 4.22. The maximum Gasteiger partial charge on any atom is 0.0650 e. The van der Waals surface area contributed by atoms with Crippen molar-refractivity contribution in [3.05, 3.63) is 17.5 Å². The molecule has 1 N–H and O–H groups in total. The Bertz CT molecular complexity index is 189. The number of aryl methyl sites for hydroxylation is 1. The van der Waals surface area contributed by atoms with E-state index in [1.54, 1.807) is 0 Å². The smallest absolute Gasteiger partial charge is 0.0650 e. The lowest BCUT2D eigenvalue weighted by molar-refractivity contribution is 0.809. The Morgan fingerprint density at radius 3 is 2.09 bits per heavy atom. The van der Waals surface area contributed by atoms with Gasteiger partial charge in [-0.05, 0) is 18.9 Å². The molecular formula is C9H18N2. The molecule has 0 unspecified atom stereocenters. The van der Waals surface area contributed by atoms with Crippen LogP contribution >= 0.6 is 0 Å². The van der Waals surface area contributed by atoms with Gasteiger partial charge in [0.25, 0.3) is 0 Å². The van der Waals surface area contributed by atoms with Crippen LogP contribution in [0.1, 0.15) is 45.0 Å². The summed E-state index contributed by atoms with van der Waals surface area (Å²) in [5.74, 6) is 0.537. The van der Waals surface area contributed by atoms with Gasteiger partial charge < -0.3 is 0 Å². The second-order valence-electron chi connectivity index (χ2n) is 2.63. The average molecular weight is 154 g/mol. The van der Waals surface area contributed by atoms with Crippen LogP contribution in [0, 0.1) is 6.92 Å². The Morgan fingerprint density at radius 1 is 1.36 bits per heavy atom. The number of aromatic amines is 1. The third kappa shape index (κ3) is 3.21. The second-order valence-corrected chi connectivity index (χ2v) is 2.63. The number of H-pyrrole nitrogens is 1. The summed E-state index contributed by atoms with van der Waals surface area (Å²) in [6, 6.07) is 2.07. The third-order valence-corrected chi connectivity index (χ3v) is 1.32. The van der Waals surface area contributed by atoms with Crippen molar-refractivity contribution in [2.75, 3.05) is 0 Å². The Hall–Kier alpha value is -0.790. The number of nitrogens with one attached hydrogen (secondary N) is 1. The molecule has 0 bridgehead atoms. The molecule has 0 saturated carbocycles. The van der Waals surface area contributed by atoms with Gasteiger partial charge in [0.1, 0.15) is 0 Å². The molecule has 0 saturated heterocycles. The van der Waals surface area contributed by atoms with Gasteiger partial charge in [-0.1, -0.05) is 27.7 Å². The first kappa shape index (κ1) is 10.2. The van der Waals surface area contributed by atoms with E-state index in [2.05, 4.69) is 30.1 Å². The van der Waals surface area contributed by atoms with E-state index >= 15 is 0 Å². The molecule has 64 valence electrons. The van der Waals surface area contributed by atoms with Crippen molar-refractivity contribution in [2.24, 2.45) is 0 Å². The summed E-state index contributed by atoms with van der Waals surface area (Å²) in [5.41, 5.74) is 2.28. The molecule has 0 aliphatic heterocycles. The van der Waals surface area contributed by atoms with E-state index in [1.165, 1.54) is 0 Å². The number of rotatable bonds is 1. The average Bonchev–Trinajstić information content (AvgIpc) is 2.40. The number of nitrogens with zero attached hydrogens (tertiary/aromatic N) is 1. The molecule has 1 aromatic rings. The van der Waals surface area contributed by atoms with Crippen molar-refractivity contribution in [2.45, 2.75) is 40.5 Å². The molecule has 0 aromatic carbocycles. The molecule has 0 fully saturated rings. The second kappa shape index (κ2) is 4.94. The fourth-order valence-corrected chi connectivity index (χ4v) is 0.735. The molecule has 1 rings (SSSR count). The van der Waals surface area contributed by atoms with Gasteiger partial charge in [0.2, 0.25) is 0 Å². The summed E-state index contributed by atoms with van der Waals surface area (Å²) in [5, 5.41) is 6.99. The molecule has 2 heteroatoms. The number of aromatic nitrogens is 2. The summed E-state index contributed by atoms with van der Waals surface area (Å²) in [4.78, 5) is 0. The van der Waals surface area contributed by atoms with Gasteiger partial charge in [-0.25, -0.2) is 0 Å². The standard InChI is InChI=1S/C7H12N2.C2H6/c1-5(2)7-4-6(3)8-9-7;1-2/h4-5H,1-3H3,(H,8,9);1-2H3. The van der Waals surface area contributed by atoms with Crippen LogP contribution in [0.25, 0.3) is 0 Å². The predicted octanol–water partition coefficient (Wildman–Crippen LogP) is 2.87. The van der Waals surface area contributed by atoms with Crippen LogP contribution in [-0.2, 0) is 0 Å². The topological polar surface area (TPSA) is 28.7 Å². The summed E-state index contributed by atoms with van der Waals surface area (Å²) in [6.07, 6.45) is 0. The molecule has 0 aliphatic carbocycles. The van der Waals surface area contributed by atoms with E-state index in [9.17, 15) is 0 Å². The van der Waals surface area contributed by atoms with E-state index in [0.29, 0.717) is 5.92 Å². The lowest BCUT2D eigenvalue weighted by Gasteiger charge is -1.94. The normalized spacial score (nSPS) is 9.27. The molecule has 0 atom stereocenters. The third-order valence-electron chi connectivity index (χ3n) is 1.32. The summed E-state index contributed by atoms with van der Waals surface area (Å²) >= 11 is 0. The van der Waals surface area contributed by atoms with Gasteiger partial charge in [-0.15, -0.1) is 0 Å². The molecule has 0 spiro atoms. The van der Waals surface area contributed by atoms with E-state index < -0.39 is 0 Å². The van der Waals surface area contributed by atoms with Gasteiger partial charge in [0.05, 0.1) is 5.69 Å². The number of hydrogen-bond donors (Lipinski definition) is 1.